The number of morpholine rings is 1. The summed E-state index contributed by atoms with van der Waals surface area (Å²) in [7, 11) is 3.43. The Morgan fingerprint density at radius 2 is 1.69 bits per heavy atom. The molecule has 2 aromatic carbocycles. The molecule has 3 aliphatic heterocycles. The van der Waals surface area contributed by atoms with Crippen LogP contribution in [0.3, 0.4) is 0 Å². The Kier molecular flexibility index (Phi) is 7.96. The molecule has 0 radical (unpaired) electrons. The van der Waals surface area contributed by atoms with Gasteiger partial charge in [0.25, 0.3) is 0 Å². The highest BCUT2D eigenvalue weighted by molar-refractivity contribution is 7.80. The zero-order chi connectivity index (χ0) is 24.9. The van der Waals surface area contributed by atoms with Crippen molar-refractivity contribution < 1.29 is 14.2 Å². The molecule has 1 N–H and O–H groups in total. The first-order valence-corrected chi connectivity index (χ1v) is 13.0. The molecule has 8 heteroatoms. The summed E-state index contributed by atoms with van der Waals surface area (Å²) in [5, 5.41) is 4.02. The number of thiocarbonyl (C=S) groups is 1. The third kappa shape index (κ3) is 5.47. The Morgan fingerprint density at radius 1 is 1.00 bits per heavy atom. The maximum atomic E-state index is 5.73. The van der Waals surface area contributed by atoms with Gasteiger partial charge in [-0.15, -0.1) is 0 Å². The standard InChI is InChI=1S/C28H34N4O3S/c1-33-24-9-5-3-7-20(24)17-21-18-32(12-11-31-13-15-35-16-14-31)19-23-26(21)29-28(36)30-27(23)22-8-4-6-10-25(22)34-2/h3-10,17,23,27H,11-16,18-19H2,1-2H3,(H,30,36)/b21-17+. The van der Waals surface area contributed by atoms with Crippen LogP contribution in [-0.2, 0) is 4.74 Å². The summed E-state index contributed by atoms with van der Waals surface area (Å²) >= 11 is 5.64. The first kappa shape index (κ1) is 24.9. The Morgan fingerprint density at radius 3 is 2.47 bits per heavy atom. The molecule has 2 fully saturated rings. The van der Waals surface area contributed by atoms with Gasteiger partial charge in [0.05, 0.1) is 39.2 Å². The average molecular weight is 507 g/mol. The van der Waals surface area contributed by atoms with Crippen molar-refractivity contribution in [2.45, 2.75) is 6.04 Å². The molecule has 2 saturated heterocycles. The molecule has 5 rings (SSSR count). The van der Waals surface area contributed by atoms with Gasteiger partial charge in [0.1, 0.15) is 11.5 Å². The van der Waals surface area contributed by atoms with Gasteiger partial charge in [-0.1, -0.05) is 36.4 Å². The van der Waals surface area contributed by atoms with Crippen molar-refractivity contribution in [2.75, 3.05) is 66.7 Å². The summed E-state index contributed by atoms with van der Waals surface area (Å²) in [6.45, 7) is 7.34. The van der Waals surface area contributed by atoms with Crippen molar-refractivity contribution in [3.63, 3.8) is 0 Å². The Labute approximate surface area is 218 Å². The van der Waals surface area contributed by atoms with Crippen LogP contribution in [0.25, 0.3) is 6.08 Å². The zero-order valence-corrected chi connectivity index (χ0v) is 21.8. The van der Waals surface area contributed by atoms with Gasteiger partial charge in [-0.05, 0) is 36.0 Å². The average Bonchev–Trinajstić information content (AvgIpc) is 2.92. The molecule has 0 amide bonds. The second-order valence-corrected chi connectivity index (χ2v) is 9.76. The summed E-state index contributed by atoms with van der Waals surface area (Å²) in [5.41, 5.74) is 4.39. The lowest BCUT2D eigenvalue weighted by molar-refractivity contribution is 0.0330. The molecule has 2 atom stereocenters. The molecule has 0 saturated carbocycles. The molecule has 0 aromatic heterocycles. The normalized spacial score (nSPS) is 24.1. The molecule has 2 aromatic rings. The number of ether oxygens (including phenoxy) is 3. The zero-order valence-electron chi connectivity index (χ0n) is 21.0. The molecule has 7 nitrogen and oxygen atoms in total. The third-order valence-corrected chi connectivity index (χ3v) is 7.42. The van der Waals surface area contributed by atoms with E-state index in [1.165, 1.54) is 5.57 Å². The molecule has 2 unspecified atom stereocenters. The van der Waals surface area contributed by atoms with Crippen LogP contribution in [0.5, 0.6) is 11.5 Å². The summed E-state index contributed by atoms with van der Waals surface area (Å²) < 4.78 is 16.9. The number of hydrogen-bond donors (Lipinski definition) is 1. The predicted molar refractivity (Wildman–Crippen MR) is 147 cm³/mol. The van der Waals surface area contributed by atoms with Crippen molar-refractivity contribution in [1.29, 1.82) is 0 Å². The number of rotatable bonds is 7. The number of benzene rings is 2. The molecule has 3 heterocycles. The number of hydrogen-bond acceptors (Lipinski definition) is 6. The lowest BCUT2D eigenvalue weighted by atomic mass is 9.80. The number of fused-ring (bicyclic) bond motifs is 1. The van der Waals surface area contributed by atoms with Crippen molar-refractivity contribution in [2.24, 2.45) is 10.9 Å². The summed E-state index contributed by atoms with van der Waals surface area (Å²) in [5.74, 6) is 1.84. The SMILES string of the molecule is COc1ccccc1/C=C1\CN(CCN2CCOCC2)CC2C1=NC(=S)NC2c1ccccc1OC. The third-order valence-electron chi connectivity index (χ3n) is 7.21. The van der Waals surface area contributed by atoms with E-state index in [2.05, 4.69) is 39.4 Å². The van der Waals surface area contributed by atoms with Crippen LogP contribution in [0, 0.1) is 5.92 Å². The van der Waals surface area contributed by atoms with Crippen LogP contribution in [0.15, 0.2) is 59.1 Å². The highest BCUT2D eigenvalue weighted by Crippen LogP contribution is 2.38. The van der Waals surface area contributed by atoms with Gasteiger partial charge in [0, 0.05) is 56.3 Å². The fourth-order valence-corrected chi connectivity index (χ4v) is 5.60. The number of para-hydroxylation sites is 2. The van der Waals surface area contributed by atoms with Crippen LogP contribution in [0.4, 0.5) is 0 Å². The Balaban J connectivity index is 1.50. The van der Waals surface area contributed by atoms with E-state index in [0.29, 0.717) is 5.11 Å². The topological polar surface area (TPSA) is 58.6 Å². The second kappa shape index (κ2) is 11.5. The Hall–Kier alpha value is -2.78. The van der Waals surface area contributed by atoms with Crippen LogP contribution in [0.2, 0.25) is 0 Å². The van der Waals surface area contributed by atoms with Crippen LogP contribution in [-0.4, -0.2) is 87.3 Å². The highest BCUT2D eigenvalue weighted by atomic mass is 32.1. The van der Waals surface area contributed by atoms with E-state index in [-0.39, 0.29) is 12.0 Å². The van der Waals surface area contributed by atoms with Crippen LogP contribution in [0.1, 0.15) is 17.2 Å². The van der Waals surface area contributed by atoms with Gasteiger partial charge in [-0.3, -0.25) is 9.80 Å². The van der Waals surface area contributed by atoms with Gasteiger partial charge < -0.3 is 19.5 Å². The van der Waals surface area contributed by atoms with Crippen molar-refractivity contribution >= 4 is 29.1 Å². The number of nitrogens with zero attached hydrogens (tertiary/aromatic N) is 3. The maximum absolute atomic E-state index is 5.73. The van der Waals surface area contributed by atoms with Crippen LogP contribution >= 0.6 is 12.2 Å². The van der Waals surface area contributed by atoms with E-state index in [4.69, 9.17) is 31.4 Å². The van der Waals surface area contributed by atoms with Gasteiger partial charge in [-0.25, -0.2) is 4.99 Å². The molecule has 3 aliphatic rings. The minimum Gasteiger partial charge on any atom is -0.496 e. The first-order chi connectivity index (χ1) is 17.7. The van der Waals surface area contributed by atoms with Crippen LogP contribution < -0.4 is 14.8 Å². The lowest BCUT2D eigenvalue weighted by Crippen LogP contribution is -2.53. The molecule has 0 bridgehead atoms. The van der Waals surface area contributed by atoms with E-state index in [9.17, 15) is 0 Å². The summed E-state index contributed by atoms with van der Waals surface area (Å²) in [6, 6.07) is 16.3. The van der Waals surface area contributed by atoms with Crippen molar-refractivity contribution in [1.82, 2.24) is 15.1 Å². The largest absolute Gasteiger partial charge is 0.496 e. The molecule has 36 heavy (non-hydrogen) atoms. The monoisotopic (exact) mass is 506 g/mol. The molecular weight excluding hydrogens is 472 g/mol. The van der Waals surface area contributed by atoms with Crippen molar-refractivity contribution in [3.05, 3.63) is 65.2 Å². The smallest absolute Gasteiger partial charge is 0.193 e. The summed E-state index contributed by atoms with van der Waals surface area (Å²) in [6.07, 6.45) is 2.22. The fraction of sp³-hybridized carbons (Fsp3) is 0.429. The van der Waals surface area contributed by atoms with E-state index < -0.39 is 0 Å². The number of piperidine rings is 1. The minimum absolute atomic E-state index is 0.0200. The van der Waals surface area contributed by atoms with E-state index in [1.807, 2.05) is 30.3 Å². The highest BCUT2D eigenvalue weighted by Gasteiger charge is 2.40. The number of methoxy groups -OCH3 is 2. The van der Waals surface area contributed by atoms with Gasteiger partial charge >= 0.3 is 0 Å². The van der Waals surface area contributed by atoms with Gasteiger partial charge in [-0.2, -0.15) is 0 Å². The maximum Gasteiger partial charge on any atom is 0.193 e. The second-order valence-electron chi connectivity index (χ2n) is 9.37. The van der Waals surface area contributed by atoms with Gasteiger partial charge in [0.2, 0.25) is 0 Å². The number of likely N-dealkylation sites (tertiary alicyclic amines) is 1. The first-order valence-electron chi connectivity index (χ1n) is 12.5. The van der Waals surface area contributed by atoms with E-state index in [0.717, 1.165) is 80.8 Å². The molecule has 190 valence electrons. The van der Waals surface area contributed by atoms with Crippen molar-refractivity contribution in [3.8, 4) is 11.5 Å². The molecule has 0 spiro atoms. The fourth-order valence-electron chi connectivity index (χ4n) is 5.37. The van der Waals surface area contributed by atoms with E-state index in [1.54, 1.807) is 14.2 Å². The van der Waals surface area contributed by atoms with Gasteiger partial charge in [0.15, 0.2) is 5.11 Å². The Bertz CT molecular complexity index is 1150. The van der Waals surface area contributed by atoms with E-state index >= 15 is 0 Å². The summed E-state index contributed by atoms with van der Waals surface area (Å²) in [4.78, 5) is 9.92. The predicted octanol–water partition coefficient (Wildman–Crippen LogP) is 3.42. The quantitative estimate of drug-likeness (QED) is 0.578. The lowest BCUT2D eigenvalue weighted by Gasteiger charge is -2.43. The number of nitrogens with one attached hydrogen (secondary N) is 1. The molecular formula is C28H34N4O3S. The molecule has 0 aliphatic carbocycles. The number of aliphatic imine (C=N–C) groups is 1. The minimum atomic E-state index is -0.0200.